The van der Waals surface area contributed by atoms with E-state index in [-0.39, 0.29) is 12.1 Å². The maximum absolute atomic E-state index is 13.9. The second-order valence-electron chi connectivity index (χ2n) is 13.8. The van der Waals surface area contributed by atoms with Crippen LogP contribution in [0.2, 0.25) is 16.6 Å². The molecule has 3 aliphatic heterocycles. The lowest BCUT2D eigenvalue weighted by Crippen LogP contribution is -2.54. The molecule has 1 aromatic rings. The highest BCUT2D eigenvalue weighted by Crippen LogP contribution is 2.43. The lowest BCUT2D eigenvalue weighted by molar-refractivity contribution is -0.692. The van der Waals surface area contributed by atoms with Crippen molar-refractivity contribution in [1.82, 2.24) is 9.88 Å². The summed E-state index contributed by atoms with van der Waals surface area (Å²) in [7, 11) is -2.12. The van der Waals surface area contributed by atoms with Crippen molar-refractivity contribution in [2.75, 3.05) is 36.0 Å². The van der Waals surface area contributed by atoms with Crippen LogP contribution in [0.5, 0.6) is 0 Å². The van der Waals surface area contributed by atoms with E-state index in [1.54, 1.807) is 0 Å². The molecule has 0 bridgehead atoms. The number of rotatable bonds is 7. The second kappa shape index (κ2) is 11.5. The van der Waals surface area contributed by atoms with Gasteiger partial charge in [0.25, 0.3) is 0 Å². The highest BCUT2D eigenvalue weighted by atomic mass is 28.4. The van der Waals surface area contributed by atoms with Crippen LogP contribution in [0, 0.1) is 0 Å². The van der Waals surface area contributed by atoms with Crippen molar-refractivity contribution in [1.29, 1.82) is 0 Å². The first-order valence-corrected chi connectivity index (χ1v) is 17.5. The lowest BCUT2D eigenvalue weighted by Gasteiger charge is -2.44. The van der Waals surface area contributed by atoms with E-state index >= 15 is 0 Å². The van der Waals surface area contributed by atoms with Crippen LogP contribution >= 0.6 is 0 Å². The van der Waals surface area contributed by atoms with E-state index in [9.17, 15) is 4.79 Å². The molecule has 0 spiro atoms. The fraction of sp³-hybridized carbons (Fsp3) is 0.833. The molecule has 4 heterocycles. The number of likely N-dealkylation sites (N-methyl/N-ethyl adjacent to an activating group) is 1. The van der Waals surface area contributed by atoms with Crippen molar-refractivity contribution >= 4 is 26.0 Å². The Bertz CT molecular complexity index is 1000. The summed E-state index contributed by atoms with van der Waals surface area (Å²) in [5.41, 5.74) is 2.02. The molecular weight excluding hydrogens is 506 g/mol. The molecule has 8 nitrogen and oxygen atoms in total. The SMILES string of the molecule is CCN1C[C@@H](CO[Si](C(C)C)(C(C)C)C(C)C)N(C(=O)OC(C)(C)C)Cc2c1nc[n+]1c2N2CCC[C@H]2CC1. The van der Waals surface area contributed by atoms with Crippen LogP contribution in [0.4, 0.5) is 16.4 Å². The summed E-state index contributed by atoms with van der Waals surface area (Å²) < 4.78 is 15.5. The largest absolute Gasteiger partial charge is 0.444 e. The Morgan fingerprint density at radius 2 is 1.79 bits per heavy atom. The quantitative estimate of drug-likeness (QED) is 0.307. The number of hydrogen-bond donors (Lipinski definition) is 0. The third kappa shape index (κ3) is 5.81. The van der Waals surface area contributed by atoms with Gasteiger partial charge in [-0.1, -0.05) is 46.5 Å². The summed E-state index contributed by atoms with van der Waals surface area (Å²) in [4.78, 5) is 25.8. The Hall–Kier alpha value is -1.87. The minimum Gasteiger partial charge on any atom is -0.444 e. The van der Waals surface area contributed by atoms with E-state index in [1.807, 2.05) is 32.0 Å². The lowest BCUT2D eigenvalue weighted by atomic mass is 10.1. The molecule has 0 unspecified atom stereocenters. The number of aromatic nitrogens is 2. The van der Waals surface area contributed by atoms with Crippen molar-refractivity contribution < 1.29 is 18.5 Å². The average Bonchev–Trinajstić information content (AvgIpc) is 3.25. The Kier molecular flexibility index (Phi) is 8.91. The van der Waals surface area contributed by atoms with Gasteiger partial charge in [-0.3, -0.25) is 9.80 Å². The monoisotopic (exact) mass is 560 g/mol. The van der Waals surface area contributed by atoms with Gasteiger partial charge in [-0.2, -0.15) is 0 Å². The van der Waals surface area contributed by atoms with E-state index in [1.165, 1.54) is 18.7 Å². The van der Waals surface area contributed by atoms with E-state index < -0.39 is 13.9 Å². The molecule has 1 fully saturated rings. The van der Waals surface area contributed by atoms with Gasteiger partial charge in [-0.05, 0) is 57.2 Å². The molecule has 0 saturated carbocycles. The predicted octanol–water partition coefficient (Wildman–Crippen LogP) is 5.88. The van der Waals surface area contributed by atoms with E-state index in [0.29, 0.717) is 42.4 Å². The third-order valence-corrected chi connectivity index (χ3v) is 15.3. The fourth-order valence-corrected chi connectivity index (χ4v) is 13.1. The number of fused-ring (bicyclic) bond motifs is 5. The van der Waals surface area contributed by atoms with Crippen molar-refractivity contribution in [3.8, 4) is 0 Å². The predicted molar refractivity (Wildman–Crippen MR) is 160 cm³/mol. The van der Waals surface area contributed by atoms with E-state index in [2.05, 4.69) is 62.8 Å². The Labute approximate surface area is 238 Å². The molecular formula is C30H54N5O3Si+. The van der Waals surface area contributed by atoms with Crippen LogP contribution < -0.4 is 14.4 Å². The maximum Gasteiger partial charge on any atom is 0.410 e. The summed E-state index contributed by atoms with van der Waals surface area (Å²) in [6.45, 7) is 26.5. The van der Waals surface area contributed by atoms with Crippen LogP contribution in [0.1, 0.15) is 94.1 Å². The molecule has 9 heteroatoms. The van der Waals surface area contributed by atoms with Gasteiger partial charge in [-0.15, -0.1) is 0 Å². The van der Waals surface area contributed by atoms with Gasteiger partial charge >= 0.3 is 6.09 Å². The summed E-state index contributed by atoms with van der Waals surface area (Å²) in [6.07, 6.45) is 5.38. The molecule has 39 heavy (non-hydrogen) atoms. The average molecular weight is 561 g/mol. The van der Waals surface area contributed by atoms with Crippen molar-refractivity contribution in [3.63, 3.8) is 0 Å². The fourth-order valence-electron chi connectivity index (χ4n) is 7.58. The van der Waals surface area contributed by atoms with E-state index in [0.717, 1.165) is 37.4 Å². The van der Waals surface area contributed by atoms with Crippen LogP contribution in [-0.4, -0.2) is 68.2 Å². The van der Waals surface area contributed by atoms with Gasteiger partial charge < -0.3 is 14.1 Å². The smallest absolute Gasteiger partial charge is 0.410 e. The second-order valence-corrected chi connectivity index (χ2v) is 19.2. The topological polar surface area (TPSA) is 62.0 Å². The zero-order valence-electron chi connectivity index (χ0n) is 26.3. The number of hydrogen-bond acceptors (Lipinski definition) is 6. The highest BCUT2D eigenvalue weighted by Gasteiger charge is 2.47. The number of anilines is 2. The third-order valence-electron chi connectivity index (χ3n) is 9.23. The van der Waals surface area contributed by atoms with Gasteiger partial charge in [0.15, 0.2) is 8.32 Å². The van der Waals surface area contributed by atoms with Crippen molar-refractivity contribution in [2.24, 2.45) is 0 Å². The van der Waals surface area contributed by atoms with Crippen LogP contribution in [0.3, 0.4) is 0 Å². The molecule has 0 aliphatic carbocycles. The first kappa shape index (κ1) is 30.1. The van der Waals surface area contributed by atoms with Gasteiger partial charge in [0.1, 0.15) is 11.2 Å². The molecule has 4 rings (SSSR count). The number of ether oxygens (including phenoxy) is 1. The number of carbonyl (C=O) groups excluding carboxylic acids is 1. The van der Waals surface area contributed by atoms with Crippen LogP contribution in [0.25, 0.3) is 0 Å². The zero-order valence-corrected chi connectivity index (χ0v) is 27.3. The first-order chi connectivity index (χ1) is 18.3. The molecule has 3 aliphatic rings. The molecule has 0 radical (unpaired) electrons. The summed E-state index contributed by atoms with van der Waals surface area (Å²) in [5.74, 6) is 2.25. The van der Waals surface area contributed by atoms with Crippen LogP contribution in [0.15, 0.2) is 6.33 Å². The highest BCUT2D eigenvalue weighted by molar-refractivity contribution is 6.77. The normalized spacial score (nSPS) is 21.8. The molecule has 220 valence electrons. The number of carbonyl (C=O) groups is 1. The minimum absolute atomic E-state index is 0.129. The first-order valence-electron chi connectivity index (χ1n) is 15.4. The molecule has 1 aromatic heterocycles. The van der Waals surface area contributed by atoms with E-state index in [4.69, 9.17) is 14.1 Å². The molecule has 0 N–H and O–H groups in total. The Morgan fingerprint density at radius 1 is 1.13 bits per heavy atom. The van der Waals surface area contributed by atoms with Gasteiger partial charge in [0, 0.05) is 19.5 Å². The Balaban J connectivity index is 1.76. The zero-order chi connectivity index (χ0) is 28.7. The van der Waals surface area contributed by atoms with Crippen molar-refractivity contribution in [2.45, 2.75) is 136 Å². The standard InChI is InChI=1S/C30H54N5O3Si/c1-11-32-17-25(19-37-39(21(2)3,22(4)5)23(6)7)35(29(36)38-30(8,9)10)18-26-27(32)31-20-33-16-14-24-13-12-15-34(24)28(26)33/h20-25H,11-19H2,1-10H3/q+1/t24-,25-/m0/s1. The van der Waals surface area contributed by atoms with Gasteiger partial charge in [0.2, 0.25) is 18.0 Å². The molecule has 1 saturated heterocycles. The summed E-state index contributed by atoms with van der Waals surface area (Å²) in [5, 5.41) is 0. The number of amides is 1. The number of aryl methyl sites for hydroxylation is 1. The van der Waals surface area contributed by atoms with Gasteiger partial charge in [0.05, 0.1) is 38.3 Å². The summed E-state index contributed by atoms with van der Waals surface area (Å²) >= 11 is 0. The minimum atomic E-state index is -2.12. The van der Waals surface area contributed by atoms with Crippen LogP contribution in [-0.2, 0) is 22.3 Å². The van der Waals surface area contributed by atoms with Gasteiger partial charge in [-0.25, -0.2) is 9.36 Å². The number of nitrogens with zero attached hydrogens (tertiary/aromatic N) is 5. The Morgan fingerprint density at radius 3 is 2.38 bits per heavy atom. The maximum atomic E-state index is 13.9. The summed E-state index contributed by atoms with van der Waals surface area (Å²) in [6, 6.07) is 0.453. The molecule has 2 atom stereocenters. The molecule has 0 aromatic carbocycles. The van der Waals surface area contributed by atoms with Crippen molar-refractivity contribution in [3.05, 3.63) is 11.9 Å². The molecule has 1 amide bonds.